The van der Waals surface area contributed by atoms with Crippen LogP contribution in [0.5, 0.6) is 17.2 Å². The fourth-order valence-corrected chi connectivity index (χ4v) is 5.07. The van der Waals surface area contributed by atoms with Gasteiger partial charge in [-0.25, -0.2) is 0 Å². The number of fused-ring (bicyclic) bond motifs is 1. The quantitative estimate of drug-likeness (QED) is 0.198. The fourth-order valence-electron chi connectivity index (χ4n) is 5.07. The van der Waals surface area contributed by atoms with Gasteiger partial charge in [0.1, 0.15) is 0 Å². The Balaban J connectivity index is 1.57. The van der Waals surface area contributed by atoms with Gasteiger partial charge in [-0.3, -0.25) is 4.98 Å². The molecule has 4 aromatic carbocycles. The lowest BCUT2D eigenvalue weighted by Crippen LogP contribution is -2.07. The predicted molar refractivity (Wildman–Crippen MR) is 155 cm³/mol. The van der Waals surface area contributed by atoms with Crippen LogP contribution in [0.2, 0.25) is 0 Å². The number of pyridine rings is 1. The third-order valence-corrected chi connectivity index (χ3v) is 6.94. The maximum absolute atomic E-state index is 13.9. The van der Waals surface area contributed by atoms with E-state index in [4.69, 9.17) is 14.2 Å². The number of halogens is 3. The Hall–Kier alpha value is -4.72. The highest BCUT2D eigenvalue weighted by molar-refractivity contribution is 5.98. The van der Waals surface area contributed by atoms with E-state index < -0.39 is 11.7 Å². The van der Waals surface area contributed by atoms with Crippen molar-refractivity contribution in [2.24, 2.45) is 0 Å². The number of hydrogen-bond acceptors (Lipinski definition) is 5. The van der Waals surface area contributed by atoms with Gasteiger partial charge in [0, 0.05) is 29.4 Å². The van der Waals surface area contributed by atoms with E-state index in [2.05, 4.69) is 10.3 Å². The number of nitrogens with zero attached hydrogens (tertiary/aromatic N) is 1. The van der Waals surface area contributed by atoms with Crippen molar-refractivity contribution < 1.29 is 27.4 Å². The summed E-state index contributed by atoms with van der Waals surface area (Å²) in [6.45, 7) is 0.416. The molecule has 0 aliphatic rings. The van der Waals surface area contributed by atoms with Crippen LogP contribution in [0.3, 0.4) is 0 Å². The molecule has 0 atom stereocenters. The lowest BCUT2D eigenvalue weighted by Gasteiger charge is -2.18. The van der Waals surface area contributed by atoms with Crippen LogP contribution in [0.15, 0.2) is 91.1 Å². The highest BCUT2D eigenvalue weighted by atomic mass is 19.4. The lowest BCUT2D eigenvalue weighted by atomic mass is 9.91. The Labute approximate surface area is 236 Å². The molecule has 1 heterocycles. The van der Waals surface area contributed by atoms with E-state index >= 15 is 0 Å². The molecule has 0 amide bonds. The van der Waals surface area contributed by atoms with Gasteiger partial charge < -0.3 is 19.5 Å². The largest absolute Gasteiger partial charge is 0.493 e. The Bertz CT molecular complexity index is 1670. The van der Waals surface area contributed by atoms with Crippen molar-refractivity contribution >= 4 is 16.6 Å². The number of alkyl halides is 3. The van der Waals surface area contributed by atoms with Gasteiger partial charge in [-0.1, -0.05) is 54.6 Å². The average Bonchev–Trinajstić information content (AvgIpc) is 2.99. The Morgan fingerprint density at radius 1 is 0.756 bits per heavy atom. The van der Waals surface area contributed by atoms with Crippen molar-refractivity contribution in [2.45, 2.75) is 19.1 Å². The van der Waals surface area contributed by atoms with E-state index in [9.17, 15) is 13.2 Å². The number of methoxy groups -OCH3 is 3. The smallest absolute Gasteiger partial charge is 0.418 e. The third kappa shape index (κ3) is 5.77. The summed E-state index contributed by atoms with van der Waals surface area (Å²) in [5.41, 5.74) is 4.20. The van der Waals surface area contributed by atoms with E-state index in [1.54, 1.807) is 33.6 Å². The molecule has 8 heteroatoms. The molecule has 1 N–H and O–H groups in total. The summed E-state index contributed by atoms with van der Waals surface area (Å²) in [7, 11) is 4.68. The molecule has 0 saturated carbocycles. The standard InChI is InChI=1S/C33H29F3N2O3/c1-39-28-16-15-23(31(40-2)32(28)41-3)19-37-25-12-7-11-22(18-25)29-24(17-21-9-5-4-6-10-21)20-38-30-26(29)13-8-14-27(30)33(34,35)36/h4-16,18,20,37H,17,19H2,1-3H3. The first-order valence-electron chi connectivity index (χ1n) is 13.0. The molecular weight excluding hydrogens is 529 g/mol. The van der Waals surface area contributed by atoms with Crippen LogP contribution in [-0.4, -0.2) is 26.3 Å². The first-order chi connectivity index (χ1) is 19.8. The number of ether oxygens (including phenoxy) is 3. The molecule has 1 aromatic heterocycles. The maximum atomic E-state index is 13.9. The van der Waals surface area contributed by atoms with Crippen molar-refractivity contribution in [1.82, 2.24) is 4.98 Å². The summed E-state index contributed by atoms with van der Waals surface area (Å²) in [4.78, 5) is 4.31. The summed E-state index contributed by atoms with van der Waals surface area (Å²) in [5, 5.41) is 3.87. The lowest BCUT2D eigenvalue weighted by molar-refractivity contribution is -0.136. The molecule has 0 fully saturated rings. The molecule has 0 aliphatic heterocycles. The molecule has 210 valence electrons. The number of benzene rings is 4. The zero-order valence-corrected chi connectivity index (χ0v) is 22.9. The van der Waals surface area contributed by atoms with E-state index in [-0.39, 0.29) is 5.52 Å². The summed E-state index contributed by atoms with van der Waals surface area (Å²) < 4.78 is 58.2. The Kier molecular flexibility index (Phi) is 8.01. The van der Waals surface area contributed by atoms with E-state index in [1.807, 2.05) is 66.7 Å². The zero-order valence-electron chi connectivity index (χ0n) is 22.9. The first-order valence-corrected chi connectivity index (χ1v) is 13.0. The highest BCUT2D eigenvalue weighted by Gasteiger charge is 2.33. The van der Waals surface area contributed by atoms with Gasteiger partial charge in [0.05, 0.1) is 32.4 Å². The minimum absolute atomic E-state index is 0.0692. The van der Waals surface area contributed by atoms with Crippen LogP contribution in [0, 0.1) is 0 Å². The minimum Gasteiger partial charge on any atom is -0.493 e. The SMILES string of the molecule is COc1ccc(CNc2cccc(-c3c(Cc4ccccc4)cnc4c(C(F)(F)F)cccc34)c2)c(OC)c1OC. The van der Waals surface area contributed by atoms with Crippen molar-refractivity contribution in [3.8, 4) is 28.4 Å². The second kappa shape index (κ2) is 11.8. The van der Waals surface area contributed by atoms with Crippen molar-refractivity contribution in [2.75, 3.05) is 26.6 Å². The van der Waals surface area contributed by atoms with E-state index in [0.29, 0.717) is 35.6 Å². The number of nitrogens with one attached hydrogen (secondary N) is 1. The van der Waals surface area contributed by atoms with Gasteiger partial charge >= 0.3 is 6.18 Å². The average molecular weight is 559 g/mol. The number of aromatic nitrogens is 1. The van der Waals surface area contributed by atoms with Gasteiger partial charge in [-0.2, -0.15) is 13.2 Å². The number of rotatable bonds is 9. The van der Waals surface area contributed by atoms with Gasteiger partial charge in [-0.05, 0) is 59.0 Å². The van der Waals surface area contributed by atoms with Crippen molar-refractivity contribution in [1.29, 1.82) is 0 Å². The van der Waals surface area contributed by atoms with Crippen LogP contribution in [0.25, 0.3) is 22.0 Å². The zero-order chi connectivity index (χ0) is 29.0. The molecule has 5 rings (SSSR count). The van der Waals surface area contributed by atoms with E-state index in [0.717, 1.165) is 39.6 Å². The molecule has 0 aliphatic carbocycles. The summed E-state index contributed by atoms with van der Waals surface area (Å²) in [6, 6.07) is 25.4. The number of anilines is 1. The molecule has 0 saturated heterocycles. The highest BCUT2D eigenvalue weighted by Crippen LogP contribution is 2.41. The third-order valence-electron chi connectivity index (χ3n) is 6.94. The first kappa shape index (κ1) is 27.8. The second-order valence-corrected chi connectivity index (χ2v) is 9.45. The molecule has 5 aromatic rings. The molecule has 0 radical (unpaired) electrons. The van der Waals surface area contributed by atoms with Crippen molar-refractivity contribution in [3.63, 3.8) is 0 Å². The van der Waals surface area contributed by atoms with Crippen molar-refractivity contribution in [3.05, 3.63) is 113 Å². The maximum Gasteiger partial charge on any atom is 0.418 e. The summed E-state index contributed by atoms with van der Waals surface area (Å²) in [6.07, 6.45) is -2.43. The van der Waals surface area contributed by atoms with Gasteiger partial charge in [0.25, 0.3) is 0 Å². The van der Waals surface area contributed by atoms with Crippen LogP contribution >= 0.6 is 0 Å². The molecule has 0 spiro atoms. The van der Waals surface area contributed by atoms with Crippen LogP contribution in [-0.2, 0) is 19.1 Å². The fraction of sp³-hybridized carbons (Fsp3) is 0.182. The molecule has 41 heavy (non-hydrogen) atoms. The molecular formula is C33H29F3N2O3. The normalized spacial score (nSPS) is 11.4. The van der Waals surface area contributed by atoms with Crippen LogP contribution in [0.1, 0.15) is 22.3 Å². The number of para-hydroxylation sites is 1. The van der Waals surface area contributed by atoms with Crippen LogP contribution in [0.4, 0.5) is 18.9 Å². The Morgan fingerprint density at radius 3 is 2.22 bits per heavy atom. The van der Waals surface area contributed by atoms with E-state index in [1.165, 1.54) is 6.07 Å². The molecule has 0 bridgehead atoms. The molecule has 0 unspecified atom stereocenters. The second-order valence-electron chi connectivity index (χ2n) is 9.45. The topological polar surface area (TPSA) is 52.6 Å². The van der Waals surface area contributed by atoms with Gasteiger partial charge in [0.2, 0.25) is 5.75 Å². The monoisotopic (exact) mass is 558 g/mol. The number of hydrogen-bond donors (Lipinski definition) is 1. The summed E-state index contributed by atoms with van der Waals surface area (Å²) >= 11 is 0. The predicted octanol–water partition coefficient (Wildman–Crippen LogP) is 8.15. The van der Waals surface area contributed by atoms with Gasteiger partial charge in [0.15, 0.2) is 11.5 Å². The Morgan fingerprint density at radius 2 is 1.51 bits per heavy atom. The van der Waals surface area contributed by atoms with Crippen LogP contribution < -0.4 is 19.5 Å². The van der Waals surface area contributed by atoms with Gasteiger partial charge in [-0.15, -0.1) is 0 Å². The molecule has 5 nitrogen and oxygen atoms in total. The summed E-state index contributed by atoms with van der Waals surface area (Å²) in [5.74, 6) is 1.61. The minimum atomic E-state index is -4.52.